The predicted octanol–water partition coefficient (Wildman–Crippen LogP) is 4.31. The summed E-state index contributed by atoms with van der Waals surface area (Å²) in [5, 5.41) is 1.95. The molecule has 1 aliphatic carbocycles. The second kappa shape index (κ2) is 4.97. The normalized spacial score (nSPS) is 22.6. The van der Waals surface area contributed by atoms with E-state index in [-0.39, 0.29) is 5.91 Å². The number of amides is 1. The molecule has 0 atom stereocenters. The van der Waals surface area contributed by atoms with Crippen molar-refractivity contribution in [2.24, 2.45) is 5.41 Å². The standard InChI is InChI=1S/C14H18BrNOS/c15-12-9-11(10-18-12)13(17)16-7-5-14(6-8-16)3-1-2-4-14/h9-10H,1-8H2. The average molecular weight is 328 g/mol. The van der Waals surface area contributed by atoms with Crippen molar-refractivity contribution < 1.29 is 4.79 Å². The van der Waals surface area contributed by atoms with E-state index in [0.29, 0.717) is 5.41 Å². The van der Waals surface area contributed by atoms with Crippen molar-refractivity contribution >= 4 is 33.2 Å². The Kier molecular flexibility index (Phi) is 3.50. The summed E-state index contributed by atoms with van der Waals surface area (Å²) < 4.78 is 1.04. The van der Waals surface area contributed by atoms with Gasteiger partial charge in [-0.1, -0.05) is 12.8 Å². The number of halogens is 1. The molecule has 1 amide bonds. The third kappa shape index (κ3) is 2.37. The number of carbonyl (C=O) groups excluding carboxylic acids is 1. The molecule has 1 spiro atoms. The highest BCUT2D eigenvalue weighted by Gasteiger charge is 2.38. The Hall–Kier alpha value is -0.350. The number of hydrogen-bond donors (Lipinski definition) is 0. The SMILES string of the molecule is O=C(c1csc(Br)c1)N1CCC2(CCCC2)CC1. The summed E-state index contributed by atoms with van der Waals surface area (Å²) >= 11 is 5.01. The van der Waals surface area contributed by atoms with Gasteiger partial charge in [0.15, 0.2) is 0 Å². The highest BCUT2D eigenvalue weighted by molar-refractivity contribution is 9.11. The Morgan fingerprint density at radius 2 is 1.89 bits per heavy atom. The van der Waals surface area contributed by atoms with E-state index in [2.05, 4.69) is 15.9 Å². The molecule has 2 heterocycles. The molecule has 1 aromatic heterocycles. The number of hydrogen-bond acceptors (Lipinski definition) is 2. The molecule has 1 aromatic rings. The predicted molar refractivity (Wildman–Crippen MR) is 78.1 cm³/mol. The molecule has 18 heavy (non-hydrogen) atoms. The minimum Gasteiger partial charge on any atom is -0.339 e. The second-order valence-corrected chi connectivity index (χ2v) is 7.93. The van der Waals surface area contributed by atoms with Crippen LogP contribution in [0.5, 0.6) is 0 Å². The lowest BCUT2D eigenvalue weighted by Gasteiger charge is -2.39. The third-order valence-corrected chi connectivity index (χ3v) is 6.09. The summed E-state index contributed by atoms with van der Waals surface area (Å²) in [6, 6.07) is 1.94. The number of piperidine rings is 1. The van der Waals surface area contributed by atoms with E-state index in [1.54, 1.807) is 11.3 Å². The quantitative estimate of drug-likeness (QED) is 0.752. The van der Waals surface area contributed by atoms with Crippen molar-refractivity contribution in [3.05, 3.63) is 20.8 Å². The van der Waals surface area contributed by atoms with Gasteiger partial charge in [0, 0.05) is 18.5 Å². The first-order chi connectivity index (χ1) is 8.69. The molecule has 4 heteroatoms. The Morgan fingerprint density at radius 1 is 1.22 bits per heavy atom. The van der Waals surface area contributed by atoms with Crippen LogP contribution in [0.4, 0.5) is 0 Å². The van der Waals surface area contributed by atoms with Crippen LogP contribution in [0.15, 0.2) is 15.2 Å². The molecule has 1 saturated heterocycles. The molecular formula is C14H18BrNOS. The van der Waals surface area contributed by atoms with Gasteiger partial charge in [0.2, 0.25) is 0 Å². The van der Waals surface area contributed by atoms with Crippen molar-refractivity contribution in [2.45, 2.75) is 38.5 Å². The molecule has 1 saturated carbocycles. The molecule has 2 fully saturated rings. The number of carbonyl (C=O) groups is 1. The monoisotopic (exact) mass is 327 g/mol. The van der Waals surface area contributed by atoms with Gasteiger partial charge >= 0.3 is 0 Å². The first kappa shape index (κ1) is 12.7. The fraction of sp³-hybridized carbons (Fsp3) is 0.643. The molecule has 0 N–H and O–H groups in total. The molecule has 1 aliphatic heterocycles. The summed E-state index contributed by atoms with van der Waals surface area (Å²) in [6.45, 7) is 1.90. The van der Waals surface area contributed by atoms with Crippen LogP contribution in [-0.2, 0) is 0 Å². The van der Waals surface area contributed by atoms with Crippen LogP contribution >= 0.6 is 27.3 Å². The highest BCUT2D eigenvalue weighted by Crippen LogP contribution is 2.46. The van der Waals surface area contributed by atoms with E-state index in [1.165, 1.54) is 38.5 Å². The summed E-state index contributed by atoms with van der Waals surface area (Å²) in [6.07, 6.45) is 7.99. The number of rotatable bonds is 1. The van der Waals surface area contributed by atoms with Gasteiger partial charge in [0.25, 0.3) is 5.91 Å². The number of nitrogens with zero attached hydrogens (tertiary/aromatic N) is 1. The van der Waals surface area contributed by atoms with Gasteiger partial charge < -0.3 is 4.90 Å². The zero-order valence-electron chi connectivity index (χ0n) is 10.5. The van der Waals surface area contributed by atoms with Gasteiger partial charge in [-0.2, -0.15) is 0 Å². The van der Waals surface area contributed by atoms with Crippen molar-refractivity contribution in [3.63, 3.8) is 0 Å². The summed E-state index contributed by atoms with van der Waals surface area (Å²) in [5.41, 5.74) is 1.43. The zero-order valence-corrected chi connectivity index (χ0v) is 12.9. The van der Waals surface area contributed by atoms with Crippen LogP contribution in [0.3, 0.4) is 0 Å². The third-order valence-electron chi connectivity index (χ3n) is 4.59. The Labute approximate surface area is 120 Å². The van der Waals surface area contributed by atoms with E-state index >= 15 is 0 Å². The van der Waals surface area contributed by atoms with Crippen LogP contribution in [0.25, 0.3) is 0 Å². The minimum absolute atomic E-state index is 0.213. The fourth-order valence-electron chi connectivity index (χ4n) is 3.41. The van der Waals surface area contributed by atoms with E-state index in [1.807, 2.05) is 16.3 Å². The van der Waals surface area contributed by atoms with Crippen molar-refractivity contribution in [1.29, 1.82) is 0 Å². The molecule has 0 aromatic carbocycles. The van der Waals surface area contributed by atoms with E-state index in [4.69, 9.17) is 0 Å². The number of thiophene rings is 1. The van der Waals surface area contributed by atoms with Gasteiger partial charge in [-0.05, 0) is 53.1 Å². The number of likely N-dealkylation sites (tertiary alicyclic amines) is 1. The lowest BCUT2D eigenvalue weighted by Crippen LogP contribution is -2.42. The summed E-state index contributed by atoms with van der Waals surface area (Å²) in [4.78, 5) is 14.4. The fourth-order valence-corrected chi connectivity index (χ4v) is 4.54. The Morgan fingerprint density at radius 3 is 2.44 bits per heavy atom. The first-order valence-corrected chi connectivity index (χ1v) is 8.39. The van der Waals surface area contributed by atoms with Crippen molar-refractivity contribution in [2.75, 3.05) is 13.1 Å². The van der Waals surface area contributed by atoms with Gasteiger partial charge in [-0.3, -0.25) is 4.79 Å². The van der Waals surface area contributed by atoms with Crippen LogP contribution in [0.1, 0.15) is 48.9 Å². The van der Waals surface area contributed by atoms with E-state index in [0.717, 1.165) is 22.4 Å². The van der Waals surface area contributed by atoms with Crippen molar-refractivity contribution in [3.8, 4) is 0 Å². The van der Waals surface area contributed by atoms with Gasteiger partial charge in [0.1, 0.15) is 0 Å². The maximum atomic E-state index is 12.3. The van der Waals surface area contributed by atoms with E-state index in [9.17, 15) is 4.79 Å². The molecule has 3 rings (SSSR count). The molecule has 0 unspecified atom stereocenters. The second-order valence-electron chi connectivity index (χ2n) is 5.64. The summed E-state index contributed by atoms with van der Waals surface area (Å²) in [5.74, 6) is 0.213. The first-order valence-electron chi connectivity index (χ1n) is 6.72. The lowest BCUT2D eigenvalue weighted by atomic mass is 9.77. The molecule has 2 aliphatic rings. The maximum absolute atomic E-state index is 12.3. The van der Waals surface area contributed by atoms with Crippen LogP contribution in [0, 0.1) is 5.41 Å². The summed E-state index contributed by atoms with van der Waals surface area (Å²) in [7, 11) is 0. The van der Waals surface area contributed by atoms with Crippen LogP contribution in [-0.4, -0.2) is 23.9 Å². The molecule has 0 bridgehead atoms. The topological polar surface area (TPSA) is 20.3 Å². The average Bonchev–Trinajstić information content (AvgIpc) is 3.00. The van der Waals surface area contributed by atoms with Gasteiger partial charge in [0.05, 0.1) is 9.35 Å². The maximum Gasteiger partial charge on any atom is 0.254 e. The Bertz CT molecular complexity index is 440. The smallest absolute Gasteiger partial charge is 0.254 e. The van der Waals surface area contributed by atoms with Crippen LogP contribution in [0.2, 0.25) is 0 Å². The van der Waals surface area contributed by atoms with Crippen LogP contribution < -0.4 is 0 Å². The Balaban J connectivity index is 1.64. The van der Waals surface area contributed by atoms with Gasteiger partial charge in [-0.25, -0.2) is 0 Å². The minimum atomic E-state index is 0.213. The molecular weight excluding hydrogens is 310 g/mol. The highest BCUT2D eigenvalue weighted by atomic mass is 79.9. The lowest BCUT2D eigenvalue weighted by molar-refractivity contribution is 0.0588. The molecule has 2 nitrogen and oxygen atoms in total. The molecule has 98 valence electrons. The van der Waals surface area contributed by atoms with Gasteiger partial charge in [-0.15, -0.1) is 11.3 Å². The zero-order chi connectivity index (χ0) is 12.6. The molecule has 0 radical (unpaired) electrons. The van der Waals surface area contributed by atoms with Crippen molar-refractivity contribution in [1.82, 2.24) is 4.90 Å². The largest absolute Gasteiger partial charge is 0.339 e. The van der Waals surface area contributed by atoms with E-state index < -0.39 is 0 Å².